The van der Waals surface area contributed by atoms with Crippen molar-refractivity contribution in [2.75, 3.05) is 19.6 Å². The SMILES string of the molecule is c1ccc(N(c2ccc(-c3ccc(N(c4ccc(-c5ccc(N(c6ccccc6)c6cccc7ccccc67)cc5)cc4)c4ccc(-c5ccc(N(c6ccccc6)c6cccc7ccccc67)cc5)cc4)cc3)cc2)c2cccc3ccccc23)cc1. The Morgan fingerprint density at radius 3 is 0.545 bits per heavy atom. The second-order valence-corrected chi connectivity index (χ2v) is 22.1. The van der Waals surface area contributed by atoms with Crippen LogP contribution < -0.4 is 19.6 Å². The summed E-state index contributed by atoms with van der Waals surface area (Å²) >= 11 is 0. The van der Waals surface area contributed by atoms with Crippen molar-refractivity contribution in [3.8, 4) is 33.4 Å². The average molecular weight is 1130 g/mol. The molecule has 4 nitrogen and oxygen atoms in total. The van der Waals surface area contributed by atoms with Crippen molar-refractivity contribution in [3.05, 3.63) is 364 Å². The van der Waals surface area contributed by atoms with Crippen LogP contribution in [0, 0.1) is 0 Å². The van der Waals surface area contributed by atoms with Gasteiger partial charge in [0.2, 0.25) is 0 Å². The maximum Gasteiger partial charge on any atom is 0.0540 e. The molecular formula is C84H60N4. The Morgan fingerprint density at radius 2 is 0.307 bits per heavy atom. The summed E-state index contributed by atoms with van der Waals surface area (Å²) in [6.45, 7) is 0. The van der Waals surface area contributed by atoms with Gasteiger partial charge in [-0.2, -0.15) is 0 Å². The maximum atomic E-state index is 2.36. The van der Waals surface area contributed by atoms with E-state index in [0.717, 1.165) is 102 Å². The zero-order valence-corrected chi connectivity index (χ0v) is 48.4. The molecule has 0 aromatic heterocycles. The monoisotopic (exact) mass is 1120 g/mol. The van der Waals surface area contributed by atoms with E-state index in [2.05, 4.69) is 384 Å². The van der Waals surface area contributed by atoms with Crippen LogP contribution in [-0.2, 0) is 0 Å². The van der Waals surface area contributed by atoms with Crippen LogP contribution in [-0.4, -0.2) is 0 Å². The molecule has 416 valence electrons. The topological polar surface area (TPSA) is 13.0 Å². The van der Waals surface area contributed by atoms with Gasteiger partial charge >= 0.3 is 0 Å². The van der Waals surface area contributed by atoms with Gasteiger partial charge in [-0.15, -0.1) is 0 Å². The molecule has 15 rings (SSSR count). The minimum Gasteiger partial charge on any atom is -0.311 e. The van der Waals surface area contributed by atoms with Crippen molar-refractivity contribution < 1.29 is 0 Å². The first kappa shape index (κ1) is 53.0. The van der Waals surface area contributed by atoms with E-state index in [9.17, 15) is 0 Å². The number of para-hydroxylation sites is 3. The number of fused-ring (bicyclic) bond motifs is 3. The van der Waals surface area contributed by atoms with Gasteiger partial charge in [0.15, 0.2) is 0 Å². The molecule has 0 amide bonds. The zero-order chi connectivity index (χ0) is 58.6. The number of nitrogens with zero attached hydrogens (tertiary/aromatic N) is 4. The van der Waals surface area contributed by atoms with E-state index in [-0.39, 0.29) is 0 Å². The molecule has 0 saturated heterocycles. The van der Waals surface area contributed by atoms with Crippen LogP contribution in [0.1, 0.15) is 0 Å². The lowest BCUT2D eigenvalue weighted by molar-refractivity contribution is 1.28. The summed E-state index contributed by atoms with van der Waals surface area (Å²) in [5.74, 6) is 0. The number of hydrogen-bond donors (Lipinski definition) is 0. The minimum atomic E-state index is 1.06. The predicted octanol–water partition coefficient (Wildman–Crippen LogP) is 24.0. The second kappa shape index (κ2) is 23.7. The Labute approximate surface area is 514 Å². The molecule has 0 aliphatic carbocycles. The number of anilines is 12. The molecule has 0 fully saturated rings. The largest absolute Gasteiger partial charge is 0.311 e. The standard InChI is InChI=1S/C84H60N4/c1-4-25-70(26-5-1)86(82-34-16-22-67-19-10-13-31-79(67)82)76-55-43-64(44-56-76)61-37-49-73(50-38-61)85(74-51-39-62(40-52-74)65-45-57-77(58-46-65)87(71-27-6-2-7-28-71)83-35-17-23-68-20-11-14-32-80(68)83)75-53-41-63(42-54-75)66-47-59-78(60-48-66)88(72-29-8-3-9-30-72)84-36-18-24-69-21-12-15-33-81(69)84/h1-60H. The van der Waals surface area contributed by atoms with Crippen LogP contribution >= 0.6 is 0 Å². The number of benzene rings is 15. The molecule has 0 aliphatic heterocycles. The molecule has 88 heavy (non-hydrogen) atoms. The lowest BCUT2D eigenvalue weighted by Gasteiger charge is -2.27. The lowest BCUT2D eigenvalue weighted by Crippen LogP contribution is -2.10. The van der Waals surface area contributed by atoms with E-state index in [1.807, 2.05) is 0 Å². The molecule has 0 spiro atoms. The molecule has 0 heterocycles. The second-order valence-electron chi connectivity index (χ2n) is 22.1. The zero-order valence-electron chi connectivity index (χ0n) is 48.4. The van der Waals surface area contributed by atoms with Crippen LogP contribution in [0.5, 0.6) is 0 Å². The first-order valence-electron chi connectivity index (χ1n) is 30.1. The van der Waals surface area contributed by atoms with Crippen LogP contribution in [0.4, 0.5) is 68.2 Å². The van der Waals surface area contributed by atoms with Crippen LogP contribution in [0.15, 0.2) is 364 Å². The highest BCUT2D eigenvalue weighted by Gasteiger charge is 2.20. The minimum absolute atomic E-state index is 1.06. The third kappa shape index (κ3) is 10.5. The highest BCUT2D eigenvalue weighted by molar-refractivity contribution is 6.02. The molecule has 0 atom stereocenters. The molecule has 0 bridgehead atoms. The van der Waals surface area contributed by atoms with Gasteiger partial charge in [-0.25, -0.2) is 0 Å². The van der Waals surface area contributed by atoms with Crippen molar-refractivity contribution >= 4 is 101 Å². The predicted molar refractivity (Wildman–Crippen MR) is 374 cm³/mol. The first-order chi connectivity index (χ1) is 43.6. The molecule has 15 aromatic carbocycles. The first-order valence-corrected chi connectivity index (χ1v) is 30.1. The van der Waals surface area contributed by atoms with Gasteiger partial charge in [0, 0.05) is 67.3 Å². The fourth-order valence-corrected chi connectivity index (χ4v) is 12.5. The van der Waals surface area contributed by atoms with Crippen molar-refractivity contribution in [3.63, 3.8) is 0 Å². The van der Waals surface area contributed by atoms with Gasteiger partial charge in [-0.3, -0.25) is 0 Å². The van der Waals surface area contributed by atoms with Crippen molar-refractivity contribution in [1.29, 1.82) is 0 Å². The third-order valence-electron chi connectivity index (χ3n) is 16.8. The Kier molecular flexibility index (Phi) is 14.3. The van der Waals surface area contributed by atoms with E-state index in [4.69, 9.17) is 0 Å². The van der Waals surface area contributed by atoms with E-state index < -0.39 is 0 Å². The molecular weight excluding hydrogens is 1060 g/mol. The van der Waals surface area contributed by atoms with E-state index in [1.54, 1.807) is 0 Å². The summed E-state index contributed by atoms with van der Waals surface area (Å²) in [4.78, 5) is 9.42. The number of rotatable bonds is 15. The van der Waals surface area contributed by atoms with E-state index in [1.165, 1.54) is 32.3 Å². The van der Waals surface area contributed by atoms with E-state index in [0.29, 0.717) is 0 Å². The van der Waals surface area contributed by atoms with Gasteiger partial charge < -0.3 is 19.6 Å². The van der Waals surface area contributed by atoms with Crippen LogP contribution in [0.2, 0.25) is 0 Å². The fourth-order valence-electron chi connectivity index (χ4n) is 12.5. The van der Waals surface area contributed by atoms with Crippen molar-refractivity contribution in [1.82, 2.24) is 0 Å². The van der Waals surface area contributed by atoms with E-state index >= 15 is 0 Å². The lowest BCUT2D eigenvalue weighted by atomic mass is 10.0. The molecule has 0 aliphatic rings. The summed E-state index contributed by atoms with van der Waals surface area (Å²) in [5.41, 5.74) is 20.1. The summed E-state index contributed by atoms with van der Waals surface area (Å²) in [6.07, 6.45) is 0. The van der Waals surface area contributed by atoms with Crippen molar-refractivity contribution in [2.24, 2.45) is 0 Å². The summed E-state index contributed by atoms with van der Waals surface area (Å²) in [6, 6.07) is 131. The van der Waals surface area contributed by atoms with Gasteiger partial charge in [-0.05, 0) is 177 Å². The van der Waals surface area contributed by atoms with Gasteiger partial charge in [0.05, 0.1) is 17.1 Å². The number of hydrogen-bond acceptors (Lipinski definition) is 4. The van der Waals surface area contributed by atoms with Gasteiger partial charge in [0.25, 0.3) is 0 Å². The quantitative estimate of drug-likeness (QED) is 0.101. The van der Waals surface area contributed by atoms with Gasteiger partial charge in [0.1, 0.15) is 0 Å². The maximum absolute atomic E-state index is 2.36. The average Bonchev–Trinajstić information content (AvgIpc) is 2.50. The Balaban J connectivity index is 0.753. The third-order valence-corrected chi connectivity index (χ3v) is 16.8. The summed E-state index contributed by atoms with van der Waals surface area (Å²) in [5, 5.41) is 7.25. The Hall–Kier alpha value is -11.7. The summed E-state index contributed by atoms with van der Waals surface area (Å²) in [7, 11) is 0. The molecule has 0 radical (unpaired) electrons. The van der Waals surface area contributed by atoms with Crippen LogP contribution in [0.3, 0.4) is 0 Å². The van der Waals surface area contributed by atoms with Crippen LogP contribution in [0.25, 0.3) is 65.7 Å². The van der Waals surface area contributed by atoms with Gasteiger partial charge in [-0.1, -0.05) is 237 Å². The highest BCUT2D eigenvalue weighted by Crippen LogP contribution is 2.45. The smallest absolute Gasteiger partial charge is 0.0540 e. The molecule has 0 N–H and O–H groups in total. The Bertz CT molecular complexity index is 4350. The normalized spacial score (nSPS) is 11.2. The summed E-state index contributed by atoms with van der Waals surface area (Å²) < 4.78 is 0. The molecule has 4 heteroatoms. The highest BCUT2D eigenvalue weighted by atomic mass is 15.2. The molecule has 15 aromatic rings. The molecule has 0 unspecified atom stereocenters. The fraction of sp³-hybridized carbons (Fsp3) is 0. The Morgan fingerprint density at radius 1 is 0.125 bits per heavy atom. The van der Waals surface area contributed by atoms with Crippen molar-refractivity contribution in [2.45, 2.75) is 0 Å². The molecule has 0 saturated carbocycles.